The Labute approximate surface area is 91.9 Å². The van der Waals surface area contributed by atoms with Gasteiger partial charge in [0, 0.05) is 19.2 Å². The molecule has 5 heteroatoms. The Morgan fingerprint density at radius 2 is 2.13 bits per heavy atom. The number of hydrogen-bond acceptors (Lipinski definition) is 2. The second-order valence-corrected chi connectivity index (χ2v) is 3.82. The SMILES string of the molecule is CC(CO)CNc1c(F)cc(F)cc1Cl. The molecule has 0 saturated carbocycles. The maximum Gasteiger partial charge on any atom is 0.150 e. The first kappa shape index (κ1) is 12.2. The molecule has 2 N–H and O–H groups in total. The van der Waals surface area contributed by atoms with E-state index in [0.29, 0.717) is 6.54 Å². The Morgan fingerprint density at radius 1 is 1.47 bits per heavy atom. The number of aliphatic hydroxyl groups excluding tert-OH is 1. The van der Waals surface area contributed by atoms with Crippen molar-refractivity contribution < 1.29 is 13.9 Å². The second kappa shape index (κ2) is 5.28. The maximum absolute atomic E-state index is 13.2. The monoisotopic (exact) mass is 235 g/mol. The average molecular weight is 236 g/mol. The van der Waals surface area contributed by atoms with E-state index in [2.05, 4.69) is 5.32 Å². The largest absolute Gasteiger partial charge is 0.396 e. The van der Waals surface area contributed by atoms with Crippen molar-refractivity contribution in [2.45, 2.75) is 6.92 Å². The van der Waals surface area contributed by atoms with Gasteiger partial charge < -0.3 is 10.4 Å². The first-order valence-electron chi connectivity index (χ1n) is 4.54. The molecule has 0 aliphatic rings. The lowest BCUT2D eigenvalue weighted by molar-refractivity contribution is 0.244. The zero-order chi connectivity index (χ0) is 11.4. The highest BCUT2D eigenvalue weighted by molar-refractivity contribution is 6.33. The quantitative estimate of drug-likeness (QED) is 0.841. The van der Waals surface area contributed by atoms with Crippen LogP contribution < -0.4 is 5.32 Å². The summed E-state index contributed by atoms with van der Waals surface area (Å²) in [7, 11) is 0. The normalized spacial score (nSPS) is 12.6. The summed E-state index contributed by atoms with van der Waals surface area (Å²) in [6.45, 7) is 2.16. The van der Waals surface area contributed by atoms with Gasteiger partial charge in [-0.05, 0) is 12.0 Å². The minimum absolute atomic E-state index is 0.00219. The Hall–Kier alpha value is -0.870. The zero-order valence-corrected chi connectivity index (χ0v) is 8.98. The van der Waals surface area contributed by atoms with Crippen LogP contribution in [-0.2, 0) is 0 Å². The molecular weight excluding hydrogens is 224 g/mol. The summed E-state index contributed by atoms with van der Waals surface area (Å²) in [5, 5.41) is 11.5. The molecule has 0 saturated heterocycles. The summed E-state index contributed by atoms with van der Waals surface area (Å²) in [5.74, 6) is -1.46. The van der Waals surface area contributed by atoms with Crippen molar-refractivity contribution in [2.75, 3.05) is 18.5 Å². The van der Waals surface area contributed by atoms with Crippen LogP contribution in [0.5, 0.6) is 0 Å². The highest BCUT2D eigenvalue weighted by Crippen LogP contribution is 2.26. The van der Waals surface area contributed by atoms with Gasteiger partial charge in [-0.25, -0.2) is 8.78 Å². The smallest absolute Gasteiger partial charge is 0.150 e. The highest BCUT2D eigenvalue weighted by Gasteiger charge is 2.10. The van der Waals surface area contributed by atoms with E-state index < -0.39 is 11.6 Å². The third kappa shape index (κ3) is 3.32. The zero-order valence-electron chi connectivity index (χ0n) is 8.23. The molecular formula is C10H12ClF2NO. The van der Waals surface area contributed by atoms with Gasteiger partial charge in [0.1, 0.15) is 5.82 Å². The van der Waals surface area contributed by atoms with Crippen LogP contribution in [0.3, 0.4) is 0 Å². The van der Waals surface area contributed by atoms with Gasteiger partial charge in [-0.15, -0.1) is 0 Å². The molecule has 1 unspecified atom stereocenters. The van der Waals surface area contributed by atoms with E-state index in [9.17, 15) is 8.78 Å². The molecule has 0 aliphatic heterocycles. The van der Waals surface area contributed by atoms with E-state index in [0.717, 1.165) is 12.1 Å². The van der Waals surface area contributed by atoms with E-state index in [1.165, 1.54) is 0 Å². The predicted octanol–water partition coefficient (Wildman–Crippen LogP) is 2.66. The van der Waals surface area contributed by atoms with Crippen molar-refractivity contribution in [1.29, 1.82) is 0 Å². The van der Waals surface area contributed by atoms with Crippen LogP contribution in [0.1, 0.15) is 6.92 Å². The van der Waals surface area contributed by atoms with Crippen LogP contribution in [0.25, 0.3) is 0 Å². The molecule has 0 amide bonds. The third-order valence-corrected chi connectivity index (χ3v) is 2.24. The van der Waals surface area contributed by atoms with Crippen LogP contribution in [0.2, 0.25) is 5.02 Å². The molecule has 2 nitrogen and oxygen atoms in total. The number of nitrogens with one attached hydrogen (secondary N) is 1. The minimum atomic E-state index is -0.731. The topological polar surface area (TPSA) is 32.3 Å². The van der Waals surface area contributed by atoms with Crippen LogP contribution in [0, 0.1) is 17.6 Å². The van der Waals surface area contributed by atoms with Gasteiger partial charge in [-0.1, -0.05) is 18.5 Å². The van der Waals surface area contributed by atoms with Crippen molar-refractivity contribution in [1.82, 2.24) is 0 Å². The summed E-state index contributed by atoms with van der Waals surface area (Å²) >= 11 is 5.66. The molecule has 1 atom stereocenters. The molecule has 0 aliphatic carbocycles. The number of hydrogen-bond donors (Lipinski definition) is 2. The first-order chi connectivity index (χ1) is 7.04. The lowest BCUT2D eigenvalue weighted by atomic mass is 10.2. The number of aliphatic hydroxyl groups is 1. The third-order valence-electron chi connectivity index (χ3n) is 1.95. The van der Waals surface area contributed by atoms with Gasteiger partial charge in [0.15, 0.2) is 5.82 Å². The molecule has 0 fully saturated rings. The highest BCUT2D eigenvalue weighted by atomic mass is 35.5. The van der Waals surface area contributed by atoms with Gasteiger partial charge in [-0.2, -0.15) is 0 Å². The molecule has 0 spiro atoms. The summed E-state index contributed by atoms with van der Waals surface area (Å²) in [6.07, 6.45) is 0. The fraction of sp³-hybridized carbons (Fsp3) is 0.400. The van der Waals surface area contributed by atoms with Gasteiger partial charge in [-0.3, -0.25) is 0 Å². The fourth-order valence-corrected chi connectivity index (χ4v) is 1.31. The van der Waals surface area contributed by atoms with Crippen molar-refractivity contribution in [3.05, 3.63) is 28.8 Å². The Kier molecular flexibility index (Phi) is 4.29. The summed E-state index contributed by atoms with van der Waals surface area (Å²) in [4.78, 5) is 0. The van der Waals surface area contributed by atoms with Crippen LogP contribution >= 0.6 is 11.6 Å². The van der Waals surface area contributed by atoms with E-state index in [-0.39, 0.29) is 23.2 Å². The lowest BCUT2D eigenvalue weighted by Crippen LogP contribution is -2.15. The number of anilines is 1. The summed E-state index contributed by atoms with van der Waals surface area (Å²) < 4.78 is 25.9. The fourth-order valence-electron chi connectivity index (χ4n) is 1.05. The van der Waals surface area contributed by atoms with E-state index >= 15 is 0 Å². The van der Waals surface area contributed by atoms with Crippen molar-refractivity contribution >= 4 is 17.3 Å². The van der Waals surface area contributed by atoms with Gasteiger partial charge in [0.2, 0.25) is 0 Å². The number of rotatable bonds is 4. The van der Waals surface area contributed by atoms with E-state index in [4.69, 9.17) is 16.7 Å². The molecule has 0 radical (unpaired) electrons. The summed E-state index contributed by atoms with van der Waals surface area (Å²) in [6, 6.07) is 1.80. The summed E-state index contributed by atoms with van der Waals surface area (Å²) in [5.41, 5.74) is 0.0679. The van der Waals surface area contributed by atoms with Gasteiger partial charge >= 0.3 is 0 Å². The molecule has 0 aromatic heterocycles. The number of benzene rings is 1. The maximum atomic E-state index is 13.2. The molecule has 84 valence electrons. The standard InChI is InChI=1S/C10H12ClF2NO/c1-6(5-15)4-14-10-8(11)2-7(12)3-9(10)13/h2-3,6,14-15H,4-5H2,1H3. The van der Waals surface area contributed by atoms with E-state index in [1.54, 1.807) is 6.92 Å². The second-order valence-electron chi connectivity index (χ2n) is 3.41. The molecule has 0 heterocycles. The first-order valence-corrected chi connectivity index (χ1v) is 4.91. The predicted molar refractivity (Wildman–Crippen MR) is 56.1 cm³/mol. The van der Waals surface area contributed by atoms with Gasteiger partial charge in [0.25, 0.3) is 0 Å². The van der Waals surface area contributed by atoms with Crippen LogP contribution in [-0.4, -0.2) is 18.3 Å². The lowest BCUT2D eigenvalue weighted by Gasteiger charge is -2.12. The van der Waals surface area contributed by atoms with Crippen LogP contribution in [0.4, 0.5) is 14.5 Å². The van der Waals surface area contributed by atoms with Crippen molar-refractivity contribution in [2.24, 2.45) is 5.92 Å². The molecule has 1 aromatic rings. The van der Waals surface area contributed by atoms with Crippen molar-refractivity contribution in [3.63, 3.8) is 0 Å². The molecule has 1 rings (SSSR count). The van der Waals surface area contributed by atoms with Crippen LogP contribution in [0.15, 0.2) is 12.1 Å². The average Bonchev–Trinajstić information content (AvgIpc) is 2.15. The Bertz CT molecular complexity index is 323. The number of halogens is 3. The minimum Gasteiger partial charge on any atom is -0.396 e. The van der Waals surface area contributed by atoms with E-state index in [1.807, 2.05) is 0 Å². The van der Waals surface area contributed by atoms with Gasteiger partial charge in [0.05, 0.1) is 10.7 Å². The Balaban J connectivity index is 2.77. The molecule has 1 aromatic carbocycles. The Morgan fingerprint density at radius 3 is 2.67 bits per heavy atom. The van der Waals surface area contributed by atoms with Crippen molar-refractivity contribution in [3.8, 4) is 0 Å². The molecule has 15 heavy (non-hydrogen) atoms. The molecule has 0 bridgehead atoms.